The van der Waals surface area contributed by atoms with Gasteiger partial charge in [-0.3, -0.25) is 4.98 Å². The van der Waals surface area contributed by atoms with Gasteiger partial charge in [0, 0.05) is 47.5 Å². The number of nitrogen functional groups attached to an aromatic ring is 1. The molecule has 2 aliphatic rings. The quantitative estimate of drug-likeness (QED) is 0.668. The Morgan fingerprint density at radius 1 is 1.11 bits per heavy atom. The minimum absolute atomic E-state index is 0.312. The Labute approximate surface area is 161 Å². The van der Waals surface area contributed by atoms with Gasteiger partial charge in [-0.05, 0) is 59.7 Å². The molecule has 1 aromatic heterocycles. The summed E-state index contributed by atoms with van der Waals surface area (Å²) in [6.45, 7) is 1.65. The van der Waals surface area contributed by atoms with Crippen molar-refractivity contribution in [3.05, 3.63) is 54.9 Å². The summed E-state index contributed by atoms with van der Waals surface area (Å²) in [7, 11) is -0.794. The first kappa shape index (κ1) is 16.7. The van der Waals surface area contributed by atoms with Gasteiger partial charge >= 0.3 is 0 Å². The number of aromatic nitrogens is 1. The van der Waals surface area contributed by atoms with Crippen LogP contribution >= 0.6 is 0 Å². The van der Waals surface area contributed by atoms with E-state index >= 15 is 0 Å². The Bertz CT molecular complexity index is 1030. The summed E-state index contributed by atoms with van der Waals surface area (Å²) < 4.78 is 14.3. The zero-order chi connectivity index (χ0) is 18.4. The molecule has 0 spiro atoms. The second-order valence-electron chi connectivity index (χ2n) is 7.41. The van der Waals surface area contributed by atoms with Gasteiger partial charge in [0.15, 0.2) is 0 Å². The number of hydrogen-bond donors (Lipinski definition) is 2. The summed E-state index contributed by atoms with van der Waals surface area (Å²) in [5.41, 5.74) is 10.0. The molecule has 3 aromatic rings. The van der Waals surface area contributed by atoms with Crippen LogP contribution in [0.4, 0.5) is 11.4 Å². The Morgan fingerprint density at radius 3 is 2.74 bits per heavy atom. The number of rotatable bonds is 5. The number of nitrogens with one attached hydrogen (secondary N) is 1. The molecule has 27 heavy (non-hydrogen) atoms. The van der Waals surface area contributed by atoms with E-state index in [1.807, 2.05) is 36.7 Å². The van der Waals surface area contributed by atoms with Crippen LogP contribution in [0.2, 0.25) is 0 Å². The van der Waals surface area contributed by atoms with E-state index in [-0.39, 0.29) is 0 Å². The third-order valence-corrected chi connectivity index (χ3v) is 7.10. The first-order valence-electron chi connectivity index (χ1n) is 9.33. The van der Waals surface area contributed by atoms with Crippen molar-refractivity contribution < 1.29 is 4.21 Å². The Kier molecular flexibility index (Phi) is 4.10. The Morgan fingerprint density at radius 2 is 1.96 bits per heavy atom. The normalized spacial score (nSPS) is 19.0. The number of anilines is 2. The number of nitrogens with zero attached hydrogens (tertiary/aromatic N) is 2. The lowest BCUT2D eigenvalue weighted by atomic mass is 9.99. The molecular formula is C21H22N4OS. The molecule has 0 bridgehead atoms. The number of fused-ring (bicyclic) bond motifs is 1. The van der Waals surface area contributed by atoms with E-state index in [0.717, 1.165) is 59.2 Å². The first-order valence-corrected chi connectivity index (χ1v) is 10.5. The highest BCUT2D eigenvalue weighted by atomic mass is 32.2. The fourth-order valence-electron chi connectivity index (χ4n) is 3.58. The van der Waals surface area contributed by atoms with Crippen molar-refractivity contribution in [2.24, 2.45) is 0 Å². The monoisotopic (exact) mass is 378 g/mol. The summed E-state index contributed by atoms with van der Waals surface area (Å²) in [6, 6.07) is 14.6. The van der Waals surface area contributed by atoms with Crippen molar-refractivity contribution in [2.45, 2.75) is 24.1 Å². The minimum Gasteiger partial charge on any atom is -0.399 e. The molecule has 2 heterocycles. The summed E-state index contributed by atoms with van der Waals surface area (Å²) >= 11 is 0. The summed E-state index contributed by atoms with van der Waals surface area (Å²) in [5, 5.41) is 6.30. The molecule has 1 saturated heterocycles. The van der Waals surface area contributed by atoms with Crippen LogP contribution in [0.25, 0.3) is 21.9 Å². The fraction of sp³-hybridized carbons (Fsp3) is 0.286. The van der Waals surface area contributed by atoms with Crippen LogP contribution in [0.1, 0.15) is 12.8 Å². The van der Waals surface area contributed by atoms with Crippen molar-refractivity contribution in [3.63, 3.8) is 0 Å². The van der Waals surface area contributed by atoms with Crippen LogP contribution in [-0.4, -0.2) is 37.9 Å². The molecule has 5 rings (SSSR count). The van der Waals surface area contributed by atoms with Gasteiger partial charge in [0.2, 0.25) is 0 Å². The molecule has 1 atom stereocenters. The molecule has 6 heteroatoms. The van der Waals surface area contributed by atoms with Gasteiger partial charge in [-0.15, -0.1) is 0 Å². The predicted molar refractivity (Wildman–Crippen MR) is 112 cm³/mol. The molecule has 138 valence electrons. The zero-order valence-electron chi connectivity index (χ0n) is 15.0. The molecule has 0 radical (unpaired) electrons. The second-order valence-corrected chi connectivity index (χ2v) is 9.15. The van der Waals surface area contributed by atoms with Gasteiger partial charge < -0.3 is 11.1 Å². The molecule has 1 aliphatic heterocycles. The zero-order valence-corrected chi connectivity index (χ0v) is 15.8. The Balaban J connectivity index is 1.43. The first-order chi connectivity index (χ1) is 13.2. The van der Waals surface area contributed by atoms with Gasteiger partial charge in [-0.25, -0.2) is 8.51 Å². The summed E-state index contributed by atoms with van der Waals surface area (Å²) in [5.74, 6) is 0. The molecule has 1 aliphatic carbocycles. The summed E-state index contributed by atoms with van der Waals surface area (Å²) in [6.07, 6.45) is 5.94. The maximum Gasteiger partial charge on any atom is 0.0975 e. The van der Waals surface area contributed by atoms with Crippen molar-refractivity contribution in [3.8, 4) is 11.1 Å². The molecule has 2 aromatic carbocycles. The van der Waals surface area contributed by atoms with Crippen molar-refractivity contribution in [2.75, 3.05) is 24.1 Å². The molecule has 0 amide bonds. The highest BCUT2D eigenvalue weighted by Gasteiger charge is 2.38. The van der Waals surface area contributed by atoms with Gasteiger partial charge in [-0.2, -0.15) is 0 Å². The van der Waals surface area contributed by atoms with Crippen molar-refractivity contribution >= 4 is 33.1 Å². The van der Waals surface area contributed by atoms with E-state index in [9.17, 15) is 4.21 Å². The second kappa shape index (κ2) is 6.62. The number of benzene rings is 2. The largest absolute Gasteiger partial charge is 0.399 e. The minimum atomic E-state index is -0.794. The van der Waals surface area contributed by atoms with Gasteiger partial charge in [0.25, 0.3) is 0 Å². The van der Waals surface area contributed by atoms with Crippen LogP contribution in [0.5, 0.6) is 0 Å². The highest BCUT2D eigenvalue weighted by Crippen LogP contribution is 2.34. The van der Waals surface area contributed by atoms with Gasteiger partial charge in [0.05, 0.1) is 17.0 Å². The maximum absolute atomic E-state index is 12.3. The number of nitrogens with two attached hydrogens (primary N) is 1. The van der Waals surface area contributed by atoms with Crippen molar-refractivity contribution in [1.82, 2.24) is 9.29 Å². The SMILES string of the molecule is Nc1cccc(-c2cc(NC3CN(S(=O)C4CC4)C3)c3cnccc3c2)c1. The van der Waals surface area contributed by atoms with Crippen LogP contribution < -0.4 is 11.1 Å². The van der Waals surface area contributed by atoms with E-state index in [2.05, 4.69) is 32.8 Å². The maximum atomic E-state index is 12.3. The molecule has 1 unspecified atom stereocenters. The summed E-state index contributed by atoms with van der Waals surface area (Å²) in [4.78, 5) is 4.30. The van der Waals surface area contributed by atoms with Gasteiger partial charge in [0.1, 0.15) is 0 Å². The lowest BCUT2D eigenvalue weighted by molar-refractivity contribution is 0.296. The van der Waals surface area contributed by atoms with Crippen LogP contribution in [0.3, 0.4) is 0 Å². The lowest BCUT2D eigenvalue weighted by Crippen LogP contribution is -2.55. The average Bonchev–Trinajstić information content (AvgIpc) is 3.49. The van der Waals surface area contributed by atoms with E-state index in [4.69, 9.17) is 5.73 Å². The van der Waals surface area contributed by atoms with Gasteiger partial charge in [-0.1, -0.05) is 12.1 Å². The third-order valence-electron chi connectivity index (χ3n) is 5.25. The van der Waals surface area contributed by atoms with Crippen LogP contribution in [-0.2, 0) is 11.0 Å². The number of hydrogen-bond acceptors (Lipinski definition) is 4. The smallest absolute Gasteiger partial charge is 0.0975 e. The molecular weight excluding hydrogens is 356 g/mol. The average molecular weight is 379 g/mol. The van der Waals surface area contributed by atoms with E-state index < -0.39 is 11.0 Å². The van der Waals surface area contributed by atoms with Crippen molar-refractivity contribution in [1.29, 1.82) is 0 Å². The molecule has 3 N–H and O–H groups in total. The van der Waals surface area contributed by atoms with E-state index in [1.54, 1.807) is 0 Å². The number of pyridine rings is 1. The fourth-order valence-corrected chi connectivity index (χ4v) is 5.19. The van der Waals surface area contributed by atoms with Crippen LogP contribution in [0, 0.1) is 0 Å². The van der Waals surface area contributed by atoms with E-state index in [0.29, 0.717) is 11.3 Å². The van der Waals surface area contributed by atoms with Crippen LogP contribution in [0.15, 0.2) is 54.9 Å². The molecule has 2 fully saturated rings. The highest BCUT2D eigenvalue weighted by molar-refractivity contribution is 7.83. The lowest BCUT2D eigenvalue weighted by Gasteiger charge is -2.39. The Hall–Kier alpha value is -2.44. The molecule has 1 saturated carbocycles. The topological polar surface area (TPSA) is 71.2 Å². The third kappa shape index (κ3) is 3.31. The standard InChI is InChI=1S/C21H22N4OS/c22-17-3-1-2-14(9-17)16-8-15-6-7-23-11-20(15)21(10-16)24-18-12-25(13-18)27(26)19-4-5-19/h1-3,6-11,18-19,24H,4-5,12-13,22H2. The molecule has 5 nitrogen and oxygen atoms in total. The van der Waals surface area contributed by atoms with E-state index in [1.165, 1.54) is 0 Å². The predicted octanol–water partition coefficient (Wildman–Crippen LogP) is 3.41.